The average molecular weight is 262 g/mol. The maximum Gasteiger partial charge on any atom is 0.182 e. The molecule has 0 spiro atoms. The lowest BCUT2D eigenvalue weighted by atomic mass is 10.1. The number of hydrogen-bond donors (Lipinski definition) is 2. The third-order valence-corrected chi connectivity index (χ3v) is 3.42. The summed E-state index contributed by atoms with van der Waals surface area (Å²) in [7, 11) is 0. The van der Waals surface area contributed by atoms with Gasteiger partial charge in [-0.2, -0.15) is 0 Å². The Kier molecular flexibility index (Phi) is 3.56. The quantitative estimate of drug-likeness (QED) is 0.823. The van der Waals surface area contributed by atoms with Gasteiger partial charge in [0.25, 0.3) is 0 Å². The van der Waals surface area contributed by atoms with Gasteiger partial charge in [0, 0.05) is 19.6 Å². The lowest BCUT2D eigenvalue weighted by Crippen LogP contribution is -2.38. The lowest BCUT2D eigenvalue weighted by Gasteiger charge is -2.32. The molecular weight excluding hydrogens is 244 g/mol. The Labute approximate surface area is 111 Å². The number of piperidine rings is 1. The highest BCUT2D eigenvalue weighted by molar-refractivity contribution is 5.82. The van der Waals surface area contributed by atoms with Crippen molar-refractivity contribution in [1.29, 1.82) is 0 Å². The molecular formula is C12H18N6O. The summed E-state index contributed by atoms with van der Waals surface area (Å²) in [5.74, 6) is 0.930. The van der Waals surface area contributed by atoms with Gasteiger partial charge in [-0.25, -0.2) is 15.0 Å². The number of H-pyrrole nitrogens is 1. The minimum absolute atomic E-state index is 0.318. The number of imidazole rings is 1. The zero-order valence-corrected chi connectivity index (χ0v) is 10.7. The number of aromatic amines is 1. The predicted molar refractivity (Wildman–Crippen MR) is 71.9 cm³/mol. The fourth-order valence-corrected chi connectivity index (χ4v) is 2.46. The van der Waals surface area contributed by atoms with E-state index >= 15 is 0 Å². The molecule has 1 aliphatic rings. The summed E-state index contributed by atoms with van der Waals surface area (Å²) in [4.78, 5) is 18.0. The monoisotopic (exact) mass is 262 g/mol. The molecule has 0 unspecified atom stereocenters. The molecule has 0 aliphatic carbocycles. The molecule has 3 heterocycles. The van der Waals surface area contributed by atoms with Crippen molar-refractivity contribution in [2.75, 3.05) is 31.1 Å². The summed E-state index contributed by atoms with van der Waals surface area (Å²) in [6, 6.07) is 0. The van der Waals surface area contributed by atoms with Crippen LogP contribution in [-0.2, 0) is 4.74 Å². The van der Waals surface area contributed by atoms with Crippen LogP contribution in [0.5, 0.6) is 0 Å². The number of rotatable bonds is 4. The van der Waals surface area contributed by atoms with Crippen molar-refractivity contribution < 1.29 is 4.74 Å². The van der Waals surface area contributed by atoms with Gasteiger partial charge in [-0.15, -0.1) is 0 Å². The first-order valence-electron chi connectivity index (χ1n) is 6.59. The fraction of sp³-hybridized carbons (Fsp3) is 0.583. The van der Waals surface area contributed by atoms with Crippen LogP contribution in [0.25, 0.3) is 11.2 Å². The number of fused-ring (bicyclic) bond motifs is 1. The Hall–Kier alpha value is -1.73. The SMILES string of the molecule is NCCOC1CCN(c2ncnc3nc[nH]c23)CC1. The van der Waals surface area contributed by atoms with E-state index in [4.69, 9.17) is 10.5 Å². The smallest absolute Gasteiger partial charge is 0.182 e. The van der Waals surface area contributed by atoms with Gasteiger partial charge in [-0.1, -0.05) is 0 Å². The second-order valence-electron chi connectivity index (χ2n) is 4.64. The van der Waals surface area contributed by atoms with E-state index in [0.29, 0.717) is 24.9 Å². The molecule has 19 heavy (non-hydrogen) atoms. The number of nitrogens with two attached hydrogens (primary N) is 1. The van der Waals surface area contributed by atoms with Crippen molar-refractivity contribution in [3.05, 3.63) is 12.7 Å². The largest absolute Gasteiger partial charge is 0.377 e. The molecule has 0 saturated carbocycles. The van der Waals surface area contributed by atoms with Crippen LogP contribution in [0.1, 0.15) is 12.8 Å². The fourth-order valence-electron chi connectivity index (χ4n) is 2.46. The number of nitrogens with one attached hydrogen (secondary N) is 1. The molecule has 0 bridgehead atoms. The van der Waals surface area contributed by atoms with E-state index in [0.717, 1.165) is 37.3 Å². The molecule has 2 aromatic rings. The normalized spacial score (nSPS) is 17.2. The van der Waals surface area contributed by atoms with Gasteiger partial charge in [-0.3, -0.25) is 0 Å². The van der Waals surface area contributed by atoms with Crippen LogP contribution in [0, 0.1) is 0 Å². The summed E-state index contributed by atoms with van der Waals surface area (Å²) in [5.41, 5.74) is 7.07. The third kappa shape index (κ3) is 2.52. The van der Waals surface area contributed by atoms with Crippen molar-refractivity contribution in [3.63, 3.8) is 0 Å². The molecule has 7 heteroatoms. The van der Waals surface area contributed by atoms with E-state index in [2.05, 4.69) is 24.8 Å². The highest BCUT2D eigenvalue weighted by Crippen LogP contribution is 2.24. The van der Waals surface area contributed by atoms with E-state index in [1.54, 1.807) is 12.7 Å². The number of ether oxygens (including phenoxy) is 1. The molecule has 1 aliphatic heterocycles. The molecule has 7 nitrogen and oxygen atoms in total. The minimum Gasteiger partial charge on any atom is -0.377 e. The number of hydrogen-bond acceptors (Lipinski definition) is 6. The standard InChI is InChI=1S/C12H18N6O/c13-3-6-19-9-1-4-18(5-2-9)12-10-11(15-7-14-10)16-8-17-12/h7-9H,1-6,13H2,(H,14,15,16,17). The number of anilines is 1. The second-order valence-corrected chi connectivity index (χ2v) is 4.64. The van der Waals surface area contributed by atoms with Crippen molar-refractivity contribution in [3.8, 4) is 0 Å². The van der Waals surface area contributed by atoms with Crippen LogP contribution in [0.2, 0.25) is 0 Å². The Morgan fingerprint density at radius 3 is 2.95 bits per heavy atom. The van der Waals surface area contributed by atoms with Crippen LogP contribution in [-0.4, -0.2) is 52.3 Å². The van der Waals surface area contributed by atoms with Crippen molar-refractivity contribution in [1.82, 2.24) is 19.9 Å². The zero-order chi connectivity index (χ0) is 13.1. The van der Waals surface area contributed by atoms with Crippen molar-refractivity contribution >= 4 is 17.0 Å². The van der Waals surface area contributed by atoms with Crippen LogP contribution < -0.4 is 10.6 Å². The van der Waals surface area contributed by atoms with Gasteiger partial charge >= 0.3 is 0 Å². The minimum atomic E-state index is 0.318. The van der Waals surface area contributed by atoms with Crippen LogP contribution in [0.3, 0.4) is 0 Å². The first kappa shape index (κ1) is 12.3. The second kappa shape index (κ2) is 5.50. The van der Waals surface area contributed by atoms with Gasteiger partial charge in [0.15, 0.2) is 11.5 Å². The summed E-state index contributed by atoms with van der Waals surface area (Å²) in [6.07, 6.45) is 5.54. The van der Waals surface area contributed by atoms with Gasteiger partial charge < -0.3 is 20.4 Å². The summed E-state index contributed by atoms with van der Waals surface area (Å²) >= 11 is 0. The number of nitrogens with zero attached hydrogens (tertiary/aromatic N) is 4. The molecule has 0 aromatic carbocycles. The predicted octanol–water partition coefficient (Wildman–Crippen LogP) is 0.297. The highest BCUT2D eigenvalue weighted by atomic mass is 16.5. The molecule has 1 fully saturated rings. The van der Waals surface area contributed by atoms with Crippen molar-refractivity contribution in [2.45, 2.75) is 18.9 Å². The van der Waals surface area contributed by atoms with E-state index < -0.39 is 0 Å². The third-order valence-electron chi connectivity index (χ3n) is 3.42. The summed E-state index contributed by atoms with van der Waals surface area (Å²) in [6.45, 7) is 3.09. The molecule has 0 amide bonds. The van der Waals surface area contributed by atoms with E-state index in [1.165, 1.54) is 0 Å². The molecule has 102 valence electrons. The van der Waals surface area contributed by atoms with Gasteiger partial charge in [0.2, 0.25) is 0 Å². The Balaban J connectivity index is 1.69. The topological polar surface area (TPSA) is 93.0 Å². The molecule has 0 atom stereocenters. The lowest BCUT2D eigenvalue weighted by molar-refractivity contribution is 0.0421. The van der Waals surface area contributed by atoms with Crippen LogP contribution in [0.4, 0.5) is 5.82 Å². The molecule has 2 aromatic heterocycles. The van der Waals surface area contributed by atoms with Crippen LogP contribution in [0.15, 0.2) is 12.7 Å². The highest BCUT2D eigenvalue weighted by Gasteiger charge is 2.22. The Morgan fingerprint density at radius 1 is 1.32 bits per heavy atom. The van der Waals surface area contributed by atoms with E-state index in [9.17, 15) is 0 Å². The molecule has 3 rings (SSSR count). The maximum absolute atomic E-state index is 5.68. The first-order chi connectivity index (χ1) is 9.38. The van der Waals surface area contributed by atoms with E-state index in [-0.39, 0.29) is 0 Å². The Bertz CT molecular complexity index is 534. The van der Waals surface area contributed by atoms with Crippen molar-refractivity contribution in [2.24, 2.45) is 5.73 Å². The van der Waals surface area contributed by atoms with E-state index in [1.807, 2.05) is 0 Å². The summed E-state index contributed by atoms with van der Waals surface area (Å²) < 4.78 is 5.68. The van der Waals surface area contributed by atoms with Gasteiger partial charge in [0.1, 0.15) is 11.8 Å². The van der Waals surface area contributed by atoms with Crippen LogP contribution >= 0.6 is 0 Å². The average Bonchev–Trinajstić information content (AvgIpc) is 2.94. The molecule has 3 N–H and O–H groups in total. The van der Waals surface area contributed by atoms with Gasteiger partial charge in [-0.05, 0) is 12.8 Å². The molecule has 1 saturated heterocycles. The van der Waals surface area contributed by atoms with Gasteiger partial charge in [0.05, 0.1) is 19.0 Å². The maximum atomic E-state index is 5.68. The Morgan fingerprint density at radius 2 is 2.16 bits per heavy atom. The molecule has 0 radical (unpaired) electrons. The summed E-state index contributed by atoms with van der Waals surface area (Å²) in [5, 5.41) is 0. The first-order valence-corrected chi connectivity index (χ1v) is 6.59. The zero-order valence-electron chi connectivity index (χ0n) is 10.7. The number of aromatic nitrogens is 4.